The fourth-order valence-corrected chi connectivity index (χ4v) is 1.74. The maximum absolute atomic E-state index is 10.3. The molecule has 1 unspecified atom stereocenters. The zero-order valence-electron chi connectivity index (χ0n) is 6.30. The highest BCUT2D eigenvalue weighted by Gasteiger charge is 2.27. The number of phosphoric ester groups is 1. The molecule has 0 amide bonds. The first-order valence-electron chi connectivity index (χ1n) is 3.40. The monoisotopic (exact) mass is 181 g/mol. The summed E-state index contributed by atoms with van der Waals surface area (Å²) in [6.45, 7) is 1.44. The Morgan fingerprint density at radius 2 is 2.27 bits per heavy atom. The molecule has 1 rings (SSSR count). The Balaban J connectivity index is 2.34. The fourth-order valence-electron chi connectivity index (χ4n) is 1.17. The molecule has 1 saturated heterocycles. The van der Waals surface area contributed by atoms with Gasteiger partial charge in [0.15, 0.2) is 0 Å². The van der Waals surface area contributed by atoms with Crippen LogP contribution in [0.25, 0.3) is 0 Å². The number of hydrogen-bond acceptors (Lipinski definition) is 3. The summed E-state index contributed by atoms with van der Waals surface area (Å²) < 4.78 is 14.8. The molecule has 0 saturated carbocycles. The van der Waals surface area contributed by atoms with Crippen LogP contribution in [0, 0.1) is 0 Å². The molecule has 0 bridgehead atoms. The summed E-state index contributed by atoms with van der Waals surface area (Å²) in [6.07, 6.45) is 0.391. The summed E-state index contributed by atoms with van der Waals surface area (Å²) >= 11 is 0. The predicted octanol–water partition coefficient (Wildman–Crippen LogP) is -0.200. The molecule has 1 fully saturated rings. The fraction of sp³-hybridized carbons (Fsp3) is 1.00. The quantitative estimate of drug-likeness (QED) is 0.577. The predicted molar refractivity (Wildman–Crippen MR) is 39.0 cm³/mol. The summed E-state index contributed by atoms with van der Waals surface area (Å²) in [5.74, 6) is 0. The standard InChI is InChI=1S/C5H12NO4P/c1-6-3-2-5(4-6)10-11(7,8)9/h5H,2-4H2,1H3,(H2,7,8,9). The lowest BCUT2D eigenvalue weighted by atomic mass is 10.3. The number of hydrogen-bond donors (Lipinski definition) is 2. The van der Waals surface area contributed by atoms with Crippen LogP contribution in [-0.2, 0) is 9.09 Å². The van der Waals surface area contributed by atoms with Crippen molar-refractivity contribution in [1.82, 2.24) is 4.90 Å². The van der Waals surface area contributed by atoms with Crippen LogP contribution >= 0.6 is 7.82 Å². The molecule has 0 radical (unpaired) electrons. The maximum Gasteiger partial charge on any atom is 0.469 e. The van der Waals surface area contributed by atoms with Gasteiger partial charge < -0.3 is 14.7 Å². The third-order valence-corrected chi connectivity index (χ3v) is 2.21. The molecule has 6 heteroatoms. The van der Waals surface area contributed by atoms with E-state index in [1.807, 2.05) is 11.9 Å². The van der Waals surface area contributed by atoms with Crippen molar-refractivity contribution in [3.63, 3.8) is 0 Å². The Hall–Kier alpha value is 0.0700. The summed E-state index contributed by atoms with van der Waals surface area (Å²) in [6, 6.07) is 0. The van der Waals surface area contributed by atoms with Gasteiger partial charge >= 0.3 is 7.82 Å². The molecular weight excluding hydrogens is 169 g/mol. The molecule has 0 aromatic heterocycles. The Morgan fingerprint density at radius 1 is 1.64 bits per heavy atom. The van der Waals surface area contributed by atoms with Crippen molar-refractivity contribution in [2.24, 2.45) is 0 Å². The Morgan fingerprint density at radius 3 is 2.64 bits per heavy atom. The smallest absolute Gasteiger partial charge is 0.304 e. The molecule has 11 heavy (non-hydrogen) atoms. The van der Waals surface area contributed by atoms with Crippen LogP contribution < -0.4 is 0 Å². The van der Waals surface area contributed by atoms with Crippen LogP contribution in [0.4, 0.5) is 0 Å². The third kappa shape index (κ3) is 3.31. The molecule has 0 aromatic carbocycles. The van der Waals surface area contributed by atoms with Gasteiger partial charge in [0.25, 0.3) is 0 Å². The highest BCUT2D eigenvalue weighted by Crippen LogP contribution is 2.39. The molecule has 0 aromatic rings. The number of phosphoric acid groups is 1. The van der Waals surface area contributed by atoms with Crippen LogP contribution in [-0.4, -0.2) is 40.9 Å². The van der Waals surface area contributed by atoms with Gasteiger partial charge in [0.2, 0.25) is 0 Å². The highest BCUT2D eigenvalue weighted by atomic mass is 31.2. The third-order valence-electron chi connectivity index (χ3n) is 1.63. The summed E-state index contributed by atoms with van der Waals surface area (Å²) in [5.41, 5.74) is 0. The first-order valence-corrected chi connectivity index (χ1v) is 4.93. The average molecular weight is 181 g/mol. The molecule has 1 aliphatic rings. The van der Waals surface area contributed by atoms with E-state index in [0.717, 1.165) is 6.54 Å². The van der Waals surface area contributed by atoms with Gasteiger partial charge in [-0.1, -0.05) is 0 Å². The molecule has 1 heterocycles. The van der Waals surface area contributed by atoms with Crippen molar-refractivity contribution in [1.29, 1.82) is 0 Å². The van der Waals surface area contributed by atoms with E-state index in [1.165, 1.54) is 0 Å². The lowest BCUT2D eigenvalue weighted by Crippen LogP contribution is -2.18. The number of likely N-dealkylation sites (tertiary alicyclic amines) is 1. The summed E-state index contributed by atoms with van der Waals surface area (Å²) in [4.78, 5) is 18.8. The Kier molecular flexibility index (Phi) is 2.67. The van der Waals surface area contributed by atoms with Crippen molar-refractivity contribution in [2.75, 3.05) is 20.1 Å². The second-order valence-electron chi connectivity index (χ2n) is 2.77. The van der Waals surface area contributed by atoms with Crippen molar-refractivity contribution in [3.8, 4) is 0 Å². The molecule has 5 nitrogen and oxygen atoms in total. The lowest BCUT2D eigenvalue weighted by molar-refractivity contribution is 0.138. The van der Waals surface area contributed by atoms with Gasteiger partial charge in [0, 0.05) is 13.1 Å². The van der Waals surface area contributed by atoms with E-state index in [9.17, 15) is 4.57 Å². The van der Waals surface area contributed by atoms with E-state index in [1.54, 1.807) is 0 Å². The van der Waals surface area contributed by atoms with Crippen molar-refractivity contribution in [2.45, 2.75) is 12.5 Å². The van der Waals surface area contributed by atoms with E-state index in [-0.39, 0.29) is 6.10 Å². The summed E-state index contributed by atoms with van der Waals surface area (Å²) in [5, 5.41) is 0. The largest absolute Gasteiger partial charge is 0.469 e. The molecule has 0 spiro atoms. The van der Waals surface area contributed by atoms with Crippen LogP contribution in [0.1, 0.15) is 6.42 Å². The highest BCUT2D eigenvalue weighted by molar-refractivity contribution is 7.46. The van der Waals surface area contributed by atoms with E-state index < -0.39 is 7.82 Å². The molecular formula is C5H12NO4P. The van der Waals surface area contributed by atoms with Crippen molar-refractivity contribution >= 4 is 7.82 Å². The van der Waals surface area contributed by atoms with Crippen molar-refractivity contribution < 1.29 is 18.9 Å². The van der Waals surface area contributed by atoms with Crippen LogP contribution in [0.3, 0.4) is 0 Å². The van der Waals surface area contributed by atoms with Gasteiger partial charge in [-0.15, -0.1) is 0 Å². The van der Waals surface area contributed by atoms with Gasteiger partial charge in [-0.2, -0.15) is 0 Å². The molecule has 1 atom stereocenters. The first-order chi connectivity index (χ1) is 4.97. The number of nitrogens with zero attached hydrogens (tertiary/aromatic N) is 1. The van der Waals surface area contributed by atoms with Gasteiger partial charge in [-0.25, -0.2) is 4.57 Å². The molecule has 2 N–H and O–H groups in total. The minimum Gasteiger partial charge on any atom is -0.304 e. The van der Waals surface area contributed by atoms with Gasteiger partial charge in [0.05, 0.1) is 6.10 Å². The second kappa shape index (κ2) is 3.21. The molecule has 66 valence electrons. The van der Waals surface area contributed by atoms with Crippen LogP contribution in [0.2, 0.25) is 0 Å². The number of rotatable bonds is 2. The zero-order chi connectivity index (χ0) is 8.48. The van der Waals surface area contributed by atoms with E-state index in [2.05, 4.69) is 4.52 Å². The zero-order valence-corrected chi connectivity index (χ0v) is 7.20. The van der Waals surface area contributed by atoms with Crippen LogP contribution in [0.5, 0.6) is 0 Å². The minimum absolute atomic E-state index is 0.305. The Labute approximate surface area is 65.2 Å². The topological polar surface area (TPSA) is 70.0 Å². The average Bonchev–Trinajstić information content (AvgIpc) is 2.10. The van der Waals surface area contributed by atoms with Gasteiger partial charge in [-0.05, 0) is 13.5 Å². The summed E-state index contributed by atoms with van der Waals surface area (Å²) in [7, 11) is -2.38. The number of likely N-dealkylation sites (N-methyl/N-ethyl adjacent to an activating group) is 1. The van der Waals surface area contributed by atoms with Crippen molar-refractivity contribution in [3.05, 3.63) is 0 Å². The SMILES string of the molecule is CN1CCC(OP(=O)(O)O)C1. The first kappa shape index (κ1) is 9.16. The van der Waals surface area contributed by atoms with E-state index in [4.69, 9.17) is 9.79 Å². The maximum atomic E-state index is 10.3. The van der Waals surface area contributed by atoms with Crippen LogP contribution in [0.15, 0.2) is 0 Å². The normalized spacial score (nSPS) is 27.7. The van der Waals surface area contributed by atoms with Gasteiger partial charge in [0.1, 0.15) is 0 Å². The van der Waals surface area contributed by atoms with Gasteiger partial charge in [-0.3, -0.25) is 4.52 Å². The molecule has 0 aliphatic carbocycles. The van der Waals surface area contributed by atoms with E-state index in [0.29, 0.717) is 13.0 Å². The molecule has 1 aliphatic heterocycles. The Bertz CT molecular complexity index is 179. The minimum atomic E-state index is -4.27. The second-order valence-corrected chi connectivity index (χ2v) is 3.96. The lowest BCUT2D eigenvalue weighted by Gasteiger charge is -2.11. The van der Waals surface area contributed by atoms with E-state index >= 15 is 0 Å².